The van der Waals surface area contributed by atoms with E-state index in [1.807, 2.05) is 24.3 Å². The maximum Gasteiger partial charge on any atom is 0.220 e. The molecule has 1 saturated carbocycles. The third kappa shape index (κ3) is 3.87. The van der Waals surface area contributed by atoms with Crippen molar-refractivity contribution in [3.8, 4) is 0 Å². The van der Waals surface area contributed by atoms with Gasteiger partial charge < -0.3 is 14.8 Å². The zero-order chi connectivity index (χ0) is 16.2. The van der Waals surface area contributed by atoms with Crippen LogP contribution in [0.4, 0.5) is 0 Å². The number of aryl methyl sites for hydroxylation is 1. The summed E-state index contributed by atoms with van der Waals surface area (Å²) in [7, 11) is 1.70. The van der Waals surface area contributed by atoms with Crippen LogP contribution in [-0.2, 0) is 20.7 Å². The molecule has 5 heteroatoms. The second-order valence-electron chi connectivity index (χ2n) is 6.48. The fourth-order valence-electron chi connectivity index (χ4n) is 3.80. The van der Waals surface area contributed by atoms with E-state index >= 15 is 0 Å². The molecule has 1 aliphatic carbocycles. The molecule has 1 aliphatic heterocycles. The molecule has 2 aliphatic rings. The standard InChI is InChI=1S/C18H24ClNO3/c1-22-11-15-17(14-9-10-23-18(14)15)20-16(21)4-2-3-12-5-7-13(19)8-6-12/h5-8,14-15,17-18H,2-4,9-11H2,1H3,(H,20,21)/t14-,15+,17+,18-/m0/s1. The minimum absolute atomic E-state index is 0.135. The first-order chi connectivity index (χ1) is 11.2. The largest absolute Gasteiger partial charge is 0.384 e. The topological polar surface area (TPSA) is 47.6 Å². The minimum atomic E-state index is 0.135. The van der Waals surface area contributed by atoms with Crippen molar-refractivity contribution < 1.29 is 14.3 Å². The van der Waals surface area contributed by atoms with Crippen LogP contribution in [-0.4, -0.2) is 38.4 Å². The Morgan fingerprint density at radius 3 is 2.91 bits per heavy atom. The summed E-state index contributed by atoms with van der Waals surface area (Å²) in [5.41, 5.74) is 1.22. The van der Waals surface area contributed by atoms with Crippen LogP contribution in [0.2, 0.25) is 5.02 Å². The van der Waals surface area contributed by atoms with Gasteiger partial charge in [-0.15, -0.1) is 0 Å². The first kappa shape index (κ1) is 16.7. The molecule has 0 bridgehead atoms. The van der Waals surface area contributed by atoms with Gasteiger partial charge >= 0.3 is 0 Å². The van der Waals surface area contributed by atoms with E-state index in [1.54, 1.807) is 7.11 Å². The molecule has 0 spiro atoms. The van der Waals surface area contributed by atoms with Crippen LogP contribution in [0.1, 0.15) is 24.8 Å². The van der Waals surface area contributed by atoms with Gasteiger partial charge in [0.1, 0.15) is 0 Å². The molecule has 126 valence electrons. The number of ether oxygens (including phenoxy) is 2. The van der Waals surface area contributed by atoms with Crippen LogP contribution >= 0.6 is 11.6 Å². The molecule has 3 rings (SSSR count). The van der Waals surface area contributed by atoms with Crippen molar-refractivity contribution in [1.29, 1.82) is 0 Å². The molecular weight excluding hydrogens is 314 g/mol. The molecule has 1 aromatic carbocycles. The Bertz CT molecular complexity index is 534. The minimum Gasteiger partial charge on any atom is -0.384 e. The number of hydrogen-bond donors (Lipinski definition) is 1. The summed E-state index contributed by atoms with van der Waals surface area (Å²) >= 11 is 5.87. The van der Waals surface area contributed by atoms with Gasteiger partial charge in [-0.05, 0) is 37.0 Å². The van der Waals surface area contributed by atoms with E-state index in [1.165, 1.54) is 5.56 Å². The fourth-order valence-corrected chi connectivity index (χ4v) is 3.92. The molecule has 1 N–H and O–H groups in total. The van der Waals surface area contributed by atoms with E-state index in [4.69, 9.17) is 21.1 Å². The Hall–Kier alpha value is -1.10. The summed E-state index contributed by atoms with van der Waals surface area (Å²) in [6.45, 7) is 1.45. The molecule has 2 fully saturated rings. The number of fused-ring (bicyclic) bond motifs is 1. The van der Waals surface area contributed by atoms with E-state index < -0.39 is 0 Å². The number of hydrogen-bond acceptors (Lipinski definition) is 3. The van der Waals surface area contributed by atoms with Crippen molar-refractivity contribution in [3.05, 3.63) is 34.9 Å². The molecule has 1 aromatic rings. The fraction of sp³-hybridized carbons (Fsp3) is 0.611. The first-order valence-corrected chi connectivity index (χ1v) is 8.71. The van der Waals surface area contributed by atoms with E-state index in [0.29, 0.717) is 24.9 Å². The molecule has 1 saturated heterocycles. The maximum absolute atomic E-state index is 12.2. The molecule has 0 aromatic heterocycles. The van der Waals surface area contributed by atoms with Crippen LogP contribution in [0, 0.1) is 11.8 Å². The first-order valence-electron chi connectivity index (χ1n) is 8.33. The quantitative estimate of drug-likeness (QED) is 0.832. The molecule has 1 amide bonds. The van der Waals surface area contributed by atoms with Crippen molar-refractivity contribution in [1.82, 2.24) is 5.32 Å². The number of nitrogens with one attached hydrogen (secondary N) is 1. The van der Waals surface area contributed by atoms with Crippen LogP contribution in [0.25, 0.3) is 0 Å². The Balaban J connectivity index is 1.43. The summed E-state index contributed by atoms with van der Waals surface area (Å²) in [5.74, 6) is 0.901. The van der Waals surface area contributed by atoms with E-state index in [9.17, 15) is 4.79 Å². The summed E-state index contributed by atoms with van der Waals surface area (Å²) in [4.78, 5) is 12.2. The Morgan fingerprint density at radius 1 is 1.39 bits per heavy atom. The maximum atomic E-state index is 12.2. The van der Waals surface area contributed by atoms with Gasteiger partial charge in [-0.1, -0.05) is 23.7 Å². The van der Waals surface area contributed by atoms with Crippen molar-refractivity contribution in [2.24, 2.45) is 11.8 Å². The van der Waals surface area contributed by atoms with Gasteiger partial charge in [0, 0.05) is 43.0 Å². The van der Waals surface area contributed by atoms with Crippen molar-refractivity contribution in [2.75, 3.05) is 20.3 Å². The van der Waals surface area contributed by atoms with Crippen LogP contribution in [0.3, 0.4) is 0 Å². The summed E-state index contributed by atoms with van der Waals surface area (Å²) in [6.07, 6.45) is 3.61. The van der Waals surface area contributed by atoms with E-state index in [-0.39, 0.29) is 18.1 Å². The monoisotopic (exact) mass is 337 g/mol. The van der Waals surface area contributed by atoms with Crippen molar-refractivity contribution in [2.45, 2.75) is 37.8 Å². The highest BCUT2D eigenvalue weighted by molar-refractivity contribution is 6.30. The van der Waals surface area contributed by atoms with Crippen LogP contribution < -0.4 is 5.32 Å². The highest BCUT2D eigenvalue weighted by Crippen LogP contribution is 2.43. The van der Waals surface area contributed by atoms with E-state index in [0.717, 1.165) is 30.9 Å². The van der Waals surface area contributed by atoms with Gasteiger partial charge in [0.2, 0.25) is 5.91 Å². The molecule has 0 unspecified atom stereocenters. The molecular formula is C18H24ClNO3. The average Bonchev–Trinajstić information content (AvgIpc) is 2.97. The zero-order valence-electron chi connectivity index (χ0n) is 13.5. The number of carbonyl (C=O) groups is 1. The van der Waals surface area contributed by atoms with Gasteiger partial charge in [-0.25, -0.2) is 0 Å². The Kier molecular flexibility index (Phi) is 5.57. The van der Waals surface area contributed by atoms with Gasteiger partial charge in [-0.3, -0.25) is 4.79 Å². The lowest BCUT2D eigenvalue weighted by Gasteiger charge is -2.47. The lowest BCUT2D eigenvalue weighted by atomic mass is 9.67. The third-order valence-corrected chi connectivity index (χ3v) is 5.25. The predicted molar refractivity (Wildman–Crippen MR) is 89.5 cm³/mol. The van der Waals surface area contributed by atoms with Gasteiger partial charge in [-0.2, -0.15) is 0 Å². The zero-order valence-corrected chi connectivity index (χ0v) is 14.2. The summed E-state index contributed by atoms with van der Waals surface area (Å²) in [6, 6.07) is 8.02. The second-order valence-corrected chi connectivity index (χ2v) is 6.92. The summed E-state index contributed by atoms with van der Waals surface area (Å²) < 4.78 is 11.0. The average molecular weight is 338 g/mol. The number of methoxy groups -OCH3 is 1. The highest BCUT2D eigenvalue weighted by atomic mass is 35.5. The number of rotatable bonds is 7. The normalized spacial score (nSPS) is 29.0. The van der Waals surface area contributed by atoms with Crippen molar-refractivity contribution in [3.63, 3.8) is 0 Å². The third-order valence-electron chi connectivity index (χ3n) is 5.00. The SMILES string of the molecule is COC[C@@H]1[C@H](NC(=O)CCCc2ccc(Cl)cc2)[C@@H]2CCO[C@H]12. The van der Waals surface area contributed by atoms with Gasteiger partial charge in [0.15, 0.2) is 0 Å². The molecule has 23 heavy (non-hydrogen) atoms. The van der Waals surface area contributed by atoms with Crippen molar-refractivity contribution >= 4 is 17.5 Å². The number of halogens is 1. The predicted octanol–water partition coefficient (Wildman–Crippen LogP) is 2.83. The lowest BCUT2D eigenvalue weighted by Crippen LogP contribution is -2.62. The Labute approximate surface area is 142 Å². The molecule has 4 nitrogen and oxygen atoms in total. The number of benzene rings is 1. The molecule has 4 atom stereocenters. The highest BCUT2D eigenvalue weighted by Gasteiger charge is 2.54. The number of amides is 1. The van der Waals surface area contributed by atoms with Crippen LogP contribution in [0.5, 0.6) is 0 Å². The molecule has 1 heterocycles. The second kappa shape index (κ2) is 7.65. The van der Waals surface area contributed by atoms with E-state index in [2.05, 4.69) is 5.32 Å². The van der Waals surface area contributed by atoms with Crippen LogP contribution in [0.15, 0.2) is 24.3 Å². The lowest BCUT2D eigenvalue weighted by molar-refractivity contribution is -0.129. The Morgan fingerprint density at radius 2 is 2.17 bits per heavy atom. The van der Waals surface area contributed by atoms with Gasteiger partial charge in [0.25, 0.3) is 0 Å². The molecule has 0 radical (unpaired) electrons. The summed E-state index contributed by atoms with van der Waals surface area (Å²) in [5, 5.41) is 3.94. The van der Waals surface area contributed by atoms with Gasteiger partial charge in [0.05, 0.1) is 12.7 Å². The number of carbonyl (C=O) groups excluding carboxylic acids is 1. The smallest absolute Gasteiger partial charge is 0.220 e.